The summed E-state index contributed by atoms with van der Waals surface area (Å²) >= 11 is 0. The molecule has 0 bridgehead atoms. The van der Waals surface area contributed by atoms with Gasteiger partial charge in [-0.25, -0.2) is 0 Å². The fraction of sp³-hybridized carbons (Fsp3) is 0.150. The van der Waals surface area contributed by atoms with Gasteiger partial charge in [0.2, 0.25) is 5.43 Å². The van der Waals surface area contributed by atoms with Crippen LogP contribution in [0.1, 0.15) is 22.9 Å². The number of nitrogen functional groups attached to an aromatic ring is 1. The van der Waals surface area contributed by atoms with Gasteiger partial charge in [-0.2, -0.15) is 0 Å². The average molecular weight is 331 g/mol. The topological polar surface area (TPSA) is 77.5 Å². The number of hydrogen-bond donors (Lipinski definition) is 1. The highest BCUT2D eigenvalue weighted by Gasteiger charge is 2.12. The molecule has 0 radical (unpaired) electrons. The average Bonchev–Trinajstić information content (AvgIpc) is 2.81. The first-order valence-corrected chi connectivity index (χ1v) is 7.81. The summed E-state index contributed by atoms with van der Waals surface area (Å²) in [5.41, 5.74) is 9.95. The summed E-state index contributed by atoms with van der Waals surface area (Å²) in [5.74, 6) is 6.13. The van der Waals surface area contributed by atoms with E-state index in [1.807, 2.05) is 43.4 Å². The SMILES string of the molecule is Cc1ccc(C2=CC#CC(n3cc(N=O)c(=O)cc3C)C=C2)c(N)c1. The van der Waals surface area contributed by atoms with Crippen LogP contribution >= 0.6 is 0 Å². The van der Waals surface area contributed by atoms with Crippen molar-refractivity contribution in [3.8, 4) is 11.8 Å². The van der Waals surface area contributed by atoms with Crippen LogP contribution in [0.3, 0.4) is 0 Å². The monoisotopic (exact) mass is 331 g/mol. The summed E-state index contributed by atoms with van der Waals surface area (Å²) in [5, 5.41) is 2.79. The lowest BCUT2D eigenvalue weighted by molar-refractivity contribution is 0.709. The van der Waals surface area contributed by atoms with E-state index in [0.717, 1.165) is 16.7 Å². The second-order valence-electron chi connectivity index (χ2n) is 5.95. The number of anilines is 1. The zero-order chi connectivity index (χ0) is 18.0. The van der Waals surface area contributed by atoms with Gasteiger partial charge in [0, 0.05) is 29.2 Å². The van der Waals surface area contributed by atoms with Crippen molar-refractivity contribution in [2.75, 3.05) is 5.73 Å². The van der Waals surface area contributed by atoms with Gasteiger partial charge in [0.1, 0.15) is 6.04 Å². The summed E-state index contributed by atoms with van der Waals surface area (Å²) < 4.78 is 1.76. The van der Waals surface area contributed by atoms with Gasteiger partial charge in [-0.1, -0.05) is 30.0 Å². The molecule has 2 aromatic rings. The third-order valence-electron chi connectivity index (χ3n) is 4.09. The molecule has 1 atom stereocenters. The van der Waals surface area contributed by atoms with Gasteiger partial charge in [0.15, 0.2) is 5.69 Å². The van der Waals surface area contributed by atoms with Gasteiger partial charge in [0.05, 0.1) is 0 Å². The van der Waals surface area contributed by atoms with Crippen molar-refractivity contribution >= 4 is 16.9 Å². The molecule has 3 rings (SSSR count). The van der Waals surface area contributed by atoms with Crippen LogP contribution in [-0.2, 0) is 0 Å². The maximum absolute atomic E-state index is 11.7. The molecule has 5 heteroatoms. The number of nitroso groups, excluding NO2 is 1. The lowest BCUT2D eigenvalue weighted by Gasteiger charge is -2.15. The normalized spacial score (nSPS) is 15.8. The van der Waals surface area contributed by atoms with E-state index in [4.69, 9.17) is 5.73 Å². The summed E-state index contributed by atoms with van der Waals surface area (Å²) in [6.07, 6.45) is 7.11. The highest BCUT2D eigenvalue weighted by molar-refractivity contribution is 5.83. The van der Waals surface area contributed by atoms with Gasteiger partial charge in [-0.05, 0) is 48.4 Å². The van der Waals surface area contributed by atoms with Gasteiger partial charge >= 0.3 is 0 Å². The van der Waals surface area contributed by atoms with Crippen molar-refractivity contribution in [1.29, 1.82) is 0 Å². The number of nitrogens with two attached hydrogens (primary N) is 1. The molecule has 1 aromatic heterocycles. The minimum Gasteiger partial charge on any atom is -0.398 e. The third kappa shape index (κ3) is 3.29. The number of hydrogen-bond acceptors (Lipinski definition) is 4. The van der Waals surface area contributed by atoms with Gasteiger partial charge in [0.25, 0.3) is 0 Å². The molecular formula is C20H17N3O2. The van der Waals surface area contributed by atoms with Crippen LogP contribution < -0.4 is 11.2 Å². The molecule has 124 valence electrons. The van der Waals surface area contributed by atoms with Crippen molar-refractivity contribution in [2.45, 2.75) is 19.9 Å². The number of benzene rings is 1. The van der Waals surface area contributed by atoms with E-state index >= 15 is 0 Å². The molecule has 2 N–H and O–H groups in total. The summed E-state index contributed by atoms with van der Waals surface area (Å²) in [4.78, 5) is 22.5. The Hall–Kier alpha value is -3.39. The predicted octanol–water partition coefficient (Wildman–Crippen LogP) is 3.64. The van der Waals surface area contributed by atoms with Crippen molar-refractivity contribution in [1.82, 2.24) is 4.57 Å². The number of pyridine rings is 1. The second kappa shape index (κ2) is 6.62. The van der Waals surface area contributed by atoms with Crippen LogP contribution in [0.15, 0.2) is 58.7 Å². The van der Waals surface area contributed by atoms with Gasteiger partial charge in [-0.3, -0.25) is 4.79 Å². The van der Waals surface area contributed by atoms with E-state index in [0.29, 0.717) is 11.4 Å². The van der Waals surface area contributed by atoms with Gasteiger partial charge < -0.3 is 10.3 Å². The Morgan fingerprint density at radius 1 is 1.24 bits per heavy atom. The van der Waals surface area contributed by atoms with Crippen molar-refractivity contribution < 1.29 is 0 Å². The number of rotatable bonds is 3. The Morgan fingerprint density at radius 2 is 2.04 bits per heavy atom. The maximum atomic E-state index is 11.7. The Labute approximate surface area is 145 Å². The van der Waals surface area contributed by atoms with Crippen molar-refractivity contribution in [3.63, 3.8) is 0 Å². The summed E-state index contributed by atoms with van der Waals surface area (Å²) in [7, 11) is 0. The molecule has 0 saturated carbocycles. The molecule has 1 aromatic carbocycles. The highest BCUT2D eigenvalue weighted by Crippen LogP contribution is 2.26. The molecule has 1 unspecified atom stereocenters. The number of aryl methyl sites for hydroxylation is 2. The lowest BCUT2D eigenvalue weighted by atomic mass is 10.0. The zero-order valence-corrected chi connectivity index (χ0v) is 14.0. The molecule has 0 amide bonds. The Kier molecular flexibility index (Phi) is 4.36. The van der Waals surface area contributed by atoms with Crippen LogP contribution in [0, 0.1) is 30.6 Å². The quantitative estimate of drug-likeness (QED) is 0.530. The standard InChI is InChI=1S/C20H17N3O2/c1-13-6-9-17(18(21)10-13)15-4-3-5-16(8-7-15)23-12-19(22-25)20(24)11-14(23)2/h4,6-12,16H,21H2,1-2H3. The van der Waals surface area contributed by atoms with Crippen LogP contribution in [0.5, 0.6) is 0 Å². The first-order valence-electron chi connectivity index (χ1n) is 7.81. The fourth-order valence-corrected chi connectivity index (χ4v) is 2.77. The maximum Gasteiger partial charge on any atom is 0.211 e. The molecule has 0 spiro atoms. The van der Waals surface area contributed by atoms with E-state index < -0.39 is 0 Å². The number of allylic oxidation sites excluding steroid dienone is 4. The van der Waals surface area contributed by atoms with E-state index in [-0.39, 0.29) is 17.2 Å². The Balaban J connectivity index is 1.98. The molecule has 1 aliphatic carbocycles. The molecule has 1 heterocycles. The van der Waals surface area contributed by atoms with E-state index in [1.54, 1.807) is 11.5 Å². The van der Waals surface area contributed by atoms with E-state index in [9.17, 15) is 9.70 Å². The molecular weight excluding hydrogens is 314 g/mol. The summed E-state index contributed by atoms with van der Waals surface area (Å²) in [6.45, 7) is 3.79. The van der Waals surface area contributed by atoms with Crippen LogP contribution in [0.25, 0.3) is 5.57 Å². The van der Waals surface area contributed by atoms with Crippen molar-refractivity contribution in [2.24, 2.45) is 5.18 Å². The predicted molar refractivity (Wildman–Crippen MR) is 100 cm³/mol. The number of aromatic nitrogens is 1. The van der Waals surface area contributed by atoms with E-state index in [1.165, 1.54) is 12.3 Å². The highest BCUT2D eigenvalue weighted by atomic mass is 16.3. The molecule has 0 fully saturated rings. The largest absolute Gasteiger partial charge is 0.398 e. The van der Waals surface area contributed by atoms with Crippen LogP contribution in [-0.4, -0.2) is 4.57 Å². The summed E-state index contributed by atoms with van der Waals surface area (Å²) in [6, 6.07) is 6.99. The molecule has 5 nitrogen and oxygen atoms in total. The minimum absolute atomic E-state index is 0.124. The first-order chi connectivity index (χ1) is 12.0. The second-order valence-corrected chi connectivity index (χ2v) is 5.95. The first kappa shape index (κ1) is 16.5. The zero-order valence-electron chi connectivity index (χ0n) is 14.0. The Morgan fingerprint density at radius 3 is 2.76 bits per heavy atom. The molecule has 0 aliphatic heterocycles. The van der Waals surface area contributed by atoms with Crippen LogP contribution in [0.4, 0.5) is 11.4 Å². The van der Waals surface area contributed by atoms with Crippen LogP contribution in [0.2, 0.25) is 0 Å². The Bertz CT molecular complexity index is 1030. The lowest BCUT2D eigenvalue weighted by Crippen LogP contribution is -2.13. The fourth-order valence-electron chi connectivity index (χ4n) is 2.77. The molecule has 25 heavy (non-hydrogen) atoms. The smallest absolute Gasteiger partial charge is 0.211 e. The minimum atomic E-state index is -0.388. The number of nitrogens with zero attached hydrogens (tertiary/aromatic N) is 2. The third-order valence-corrected chi connectivity index (χ3v) is 4.09. The van der Waals surface area contributed by atoms with Gasteiger partial charge in [-0.15, -0.1) is 4.91 Å². The van der Waals surface area contributed by atoms with E-state index in [2.05, 4.69) is 17.0 Å². The molecule has 1 aliphatic rings. The van der Waals surface area contributed by atoms with Crippen molar-refractivity contribution in [3.05, 3.63) is 80.6 Å². The molecule has 0 saturated heterocycles.